The van der Waals surface area contributed by atoms with Crippen LogP contribution in [-0.4, -0.2) is 22.2 Å². The molecule has 0 saturated heterocycles. The summed E-state index contributed by atoms with van der Waals surface area (Å²) in [5.41, 5.74) is 5.70. The van der Waals surface area contributed by atoms with Gasteiger partial charge in [-0.25, -0.2) is 4.39 Å². The number of hydrogen-bond acceptors (Lipinski definition) is 3. The monoisotopic (exact) mass is 213 g/mol. The van der Waals surface area contributed by atoms with Crippen LogP contribution in [0.3, 0.4) is 0 Å². The van der Waals surface area contributed by atoms with E-state index < -0.39 is 17.8 Å². The second-order valence-corrected chi connectivity index (χ2v) is 3.34. The normalized spacial score (nSPS) is 12.5. The van der Waals surface area contributed by atoms with E-state index in [0.717, 1.165) is 0 Å². The number of hydrogen-bond donors (Lipinski definition) is 3. The predicted molar refractivity (Wildman–Crippen MR) is 52.1 cm³/mol. The highest BCUT2D eigenvalue weighted by Crippen LogP contribution is 2.25. The number of aliphatic carboxylic acids is 1. The van der Waals surface area contributed by atoms with Crippen molar-refractivity contribution in [1.29, 1.82) is 0 Å². The van der Waals surface area contributed by atoms with Gasteiger partial charge in [-0.1, -0.05) is 6.07 Å². The maximum atomic E-state index is 13.2. The smallest absolute Gasteiger partial charge is 0.320 e. The van der Waals surface area contributed by atoms with Gasteiger partial charge in [0.05, 0.1) is 0 Å². The Morgan fingerprint density at radius 1 is 1.60 bits per heavy atom. The first kappa shape index (κ1) is 11.5. The van der Waals surface area contributed by atoms with Gasteiger partial charge in [0.15, 0.2) is 0 Å². The molecule has 4 N–H and O–H groups in total. The van der Waals surface area contributed by atoms with Crippen molar-refractivity contribution in [2.24, 2.45) is 5.73 Å². The minimum Gasteiger partial charge on any atom is -0.507 e. The number of carbonyl (C=O) groups is 1. The molecule has 0 heterocycles. The summed E-state index contributed by atoms with van der Waals surface area (Å²) in [5.74, 6) is -2.10. The molecule has 1 aromatic rings. The summed E-state index contributed by atoms with van der Waals surface area (Å²) in [6.07, 6.45) is -0.228. The Labute approximate surface area is 86.1 Å². The summed E-state index contributed by atoms with van der Waals surface area (Å²) in [5, 5.41) is 18.1. The minimum atomic E-state index is -1.23. The van der Waals surface area contributed by atoms with Crippen LogP contribution in [0.5, 0.6) is 5.75 Å². The fraction of sp³-hybridized carbons (Fsp3) is 0.300. The minimum absolute atomic E-state index is 0.0510. The third-order valence-electron chi connectivity index (χ3n) is 2.17. The summed E-state index contributed by atoms with van der Waals surface area (Å²) < 4.78 is 13.2. The maximum absolute atomic E-state index is 13.2. The highest BCUT2D eigenvalue weighted by Gasteiger charge is 2.18. The van der Waals surface area contributed by atoms with E-state index in [2.05, 4.69) is 0 Å². The molecule has 0 aromatic heterocycles. The van der Waals surface area contributed by atoms with Crippen molar-refractivity contribution in [2.45, 2.75) is 19.4 Å². The summed E-state index contributed by atoms with van der Waals surface area (Å²) in [7, 11) is 0. The van der Waals surface area contributed by atoms with E-state index in [1.54, 1.807) is 6.92 Å². The highest BCUT2D eigenvalue weighted by atomic mass is 19.1. The Hall–Kier alpha value is -1.62. The number of halogens is 1. The number of aromatic hydroxyl groups is 1. The van der Waals surface area contributed by atoms with Crippen molar-refractivity contribution in [3.05, 3.63) is 29.1 Å². The lowest BCUT2D eigenvalue weighted by atomic mass is 10.0. The fourth-order valence-corrected chi connectivity index (χ4v) is 1.23. The van der Waals surface area contributed by atoms with Crippen molar-refractivity contribution in [3.63, 3.8) is 0 Å². The first-order chi connectivity index (χ1) is 6.93. The molecule has 0 aliphatic rings. The van der Waals surface area contributed by atoms with E-state index in [1.807, 2.05) is 0 Å². The van der Waals surface area contributed by atoms with Gasteiger partial charge in [-0.15, -0.1) is 0 Å². The van der Waals surface area contributed by atoms with E-state index in [-0.39, 0.29) is 17.7 Å². The zero-order valence-corrected chi connectivity index (χ0v) is 8.20. The standard InChI is InChI=1S/C10H12FNO3/c1-5-2-3-7(11)6(9(5)13)4-8(12)10(14)15/h2-3,8,13H,4,12H2,1H3,(H,14,15). The van der Waals surface area contributed by atoms with Crippen LogP contribution in [0.2, 0.25) is 0 Å². The van der Waals surface area contributed by atoms with Crippen molar-refractivity contribution in [2.75, 3.05) is 0 Å². The molecule has 0 spiro atoms. The zero-order valence-electron chi connectivity index (χ0n) is 8.20. The number of phenolic OH excluding ortho intramolecular Hbond substituents is 1. The molecule has 1 aromatic carbocycles. The maximum Gasteiger partial charge on any atom is 0.320 e. The van der Waals surface area contributed by atoms with E-state index in [4.69, 9.17) is 10.8 Å². The Morgan fingerprint density at radius 2 is 2.20 bits per heavy atom. The molecular formula is C10H12FNO3. The molecule has 0 fully saturated rings. The molecule has 0 saturated carbocycles. The lowest BCUT2D eigenvalue weighted by Crippen LogP contribution is -2.32. The molecule has 0 aliphatic heterocycles. The topological polar surface area (TPSA) is 83.6 Å². The predicted octanol–water partition coefficient (Wildman–Crippen LogP) is 0.794. The molecule has 0 radical (unpaired) electrons. The molecule has 1 atom stereocenters. The van der Waals surface area contributed by atoms with Gasteiger partial charge in [-0.05, 0) is 18.6 Å². The average molecular weight is 213 g/mol. The van der Waals surface area contributed by atoms with Gasteiger partial charge in [0.2, 0.25) is 0 Å². The third kappa shape index (κ3) is 2.44. The molecular weight excluding hydrogens is 201 g/mol. The molecule has 4 nitrogen and oxygen atoms in total. The Morgan fingerprint density at radius 3 is 2.73 bits per heavy atom. The molecule has 0 amide bonds. The van der Waals surface area contributed by atoms with Crippen molar-refractivity contribution in [1.82, 2.24) is 0 Å². The van der Waals surface area contributed by atoms with Gasteiger partial charge >= 0.3 is 5.97 Å². The number of nitrogens with two attached hydrogens (primary N) is 1. The van der Waals surface area contributed by atoms with Crippen LogP contribution in [0, 0.1) is 12.7 Å². The van der Waals surface area contributed by atoms with Crippen molar-refractivity contribution in [3.8, 4) is 5.75 Å². The van der Waals surface area contributed by atoms with Crippen LogP contribution >= 0.6 is 0 Å². The fourth-order valence-electron chi connectivity index (χ4n) is 1.23. The van der Waals surface area contributed by atoms with Crippen molar-refractivity contribution < 1.29 is 19.4 Å². The molecule has 0 aliphatic carbocycles. The van der Waals surface area contributed by atoms with E-state index in [9.17, 15) is 14.3 Å². The van der Waals surface area contributed by atoms with Gasteiger partial charge in [-0.2, -0.15) is 0 Å². The van der Waals surface area contributed by atoms with Crippen LogP contribution < -0.4 is 5.73 Å². The molecule has 0 bridgehead atoms. The lowest BCUT2D eigenvalue weighted by molar-refractivity contribution is -0.138. The summed E-state index contributed by atoms with van der Waals surface area (Å²) in [4.78, 5) is 10.5. The van der Waals surface area contributed by atoms with Crippen LogP contribution in [-0.2, 0) is 11.2 Å². The molecule has 1 unspecified atom stereocenters. The number of rotatable bonds is 3. The SMILES string of the molecule is Cc1ccc(F)c(CC(N)C(=O)O)c1O. The van der Waals surface area contributed by atoms with E-state index in [0.29, 0.717) is 5.56 Å². The first-order valence-corrected chi connectivity index (χ1v) is 4.38. The number of carboxylic acid groups (broad SMARTS) is 1. The van der Waals surface area contributed by atoms with Gasteiger partial charge in [-0.3, -0.25) is 4.79 Å². The zero-order chi connectivity index (χ0) is 11.6. The molecule has 15 heavy (non-hydrogen) atoms. The Bertz CT molecular complexity index is 392. The van der Waals surface area contributed by atoms with Crippen LogP contribution in [0.25, 0.3) is 0 Å². The number of benzene rings is 1. The molecule has 5 heteroatoms. The molecule has 1 rings (SSSR count). The van der Waals surface area contributed by atoms with E-state index in [1.165, 1.54) is 12.1 Å². The Balaban J connectivity index is 3.03. The second-order valence-electron chi connectivity index (χ2n) is 3.34. The largest absolute Gasteiger partial charge is 0.507 e. The molecule has 82 valence electrons. The number of aryl methyl sites for hydroxylation is 1. The first-order valence-electron chi connectivity index (χ1n) is 4.38. The van der Waals surface area contributed by atoms with Gasteiger partial charge in [0.25, 0.3) is 0 Å². The van der Waals surface area contributed by atoms with Gasteiger partial charge in [0.1, 0.15) is 17.6 Å². The summed E-state index contributed by atoms with van der Waals surface area (Å²) in [6.45, 7) is 1.60. The number of carboxylic acids is 1. The van der Waals surface area contributed by atoms with Crippen LogP contribution in [0.1, 0.15) is 11.1 Å². The van der Waals surface area contributed by atoms with Gasteiger partial charge in [0, 0.05) is 12.0 Å². The quantitative estimate of drug-likeness (QED) is 0.693. The number of phenols is 1. The average Bonchev–Trinajstić information content (AvgIpc) is 2.18. The van der Waals surface area contributed by atoms with E-state index >= 15 is 0 Å². The van der Waals surface area contributed by atoms with Crippen LogP contribution in [0.15, 0.2) is 12.1 Å². The van der Waals surface area contributed by atoms with Crippen LogP contribution in [0.4, 0.5) is 4.39 Å². The van der Waals surface area contributed by atoms with Crippen molar-refractivity contribution >= 4 is 5.97 Å². The Kier molecular flexibility index (Phi) is 3.26. The third-order valence-corrected chi connectivity index (χ3v) is 2.17. The lowest BCUT2D eigenvalue weighted by Gasteiger charge is -2.10. The summed E-state index contributed by atoms with van der Waals surface area (Å²) >= 11 is 0. The van der Waals surface area contributed by atoms with Gasteiger partial charge < -0.3 is 15.9 Å². The highest BCUT2D eigenvalue weighted by molar-refractivity contribution is 5.73. The second kappa shape index (κ2) is 4.27. The summed E-state index contributed by atoms with van der Waals surface area (Å²) in [6, 6.07) is 1.38.